The summed E-state index contributed by atoms with van der Waals surface area (Å²) in [5, 5.41) is 23.4. The normalized spacial score (nSPS) is 12.7. The average Bonchev–Trinajstić information content (AvgIpc) is 3.34. The van der Waals surface area contributed by atoms with Crippen molar-refractivity contribution in [3.63, 3.8) is 0 Å². The van der Waals surface area contributed by atoms with Crippen LogP contribution in [0.25, 0.3) is 0 Å². The summed E-state index contributed by atoms with van der Waals surface area (Å²) in [7, 11) is 0. The highest BCUT2D eigenvalue weighted by atomic mass is 16.5. The molecule has 0 spiro atoms. The standard InChI is InChI=1S/C62H119NO5/c1-3-5-7-9-11-13-15-17-18-19-20-21-22-24-27-31-34-38-42-46-50-54-60(65)59(58-64)63-61(66)55-51-47-43-39-35-32-28-25-23-26-29-33-37-41-45-49-53-57-68-62(67)56-52-48-44-40-36-30-16-14-12-10-8-6-4-2/h14,16,23,26,59-60,64-65H,3-13,15,17-22,24-25,27-58H2,1-2H3,(H,63,66)/b16-14-,26-23-. The summed E-state index contributed by atoms with van der Waals surface area (Å²) in [5.74, 6) is -0.0547. The van der Waals surface area contributed by atoms with Gasteiger partial charge in [-0.15, -0.1) is 0 Å². The molecule has 0 saturated carbocycles. The van der Waals surface area contributed by atoms with Gasteiger partial charge in [0.2, 0.25) is 5.91 Å². The SMILES string of the molecule is CCCCCC/C=C\CCCCCCCC(=O)OCCCCCCCC/C=C\CCCCCCCCCC(=O)NC(CO)C(O)CCCCCCCCCCCCCCCCCCCCCCC. The monoisotopic (exact) mass is 958 g/mol. The lowest BCUT2D eigenvalue weighted by molar-refractivity contribution is -0.143. The molecule has 3 N–H and O–H groups in total. The topological polar surface area (TPSA) is 95.9 Å². The molecule has 2 atom stereocenters. The summed E-state index contributed by atoms with van der Waals surface area (Å²) in [6.07, 6.45) is 70.3. The Bertz CT molecular complexity index is 1060. The van der Waals surface area contributed by atoms with Gasteiger partial charge in [-0.1, -0.05) is 269 Å². The van der Waals surface area contributed by atoms with Crippen LogP contribution in [-0.4, -0.2) is 47.4 Å². The average molecular weight is 959 g/mol. The van der Waals surface area contributed by atoms with E-state index in [2.05, 4.69) is 43.5 Å². The van der Waals surface area contributed by atoms with Gasteiger partial charge in [0.15, 0.2) is 0 Å². The molecule has 0 bridgehead atoms. The minimum absolute atomic E-state index is 0.0105. The zero-order valence-corrected chi connectivity index (χ0v) is 45.9. The quantitative estimate of drug-likeness (QED) is 0.0321. The van der Waals surface area contributed by atoms with Crippen molar-refractivity contribution in [2.75, 3.05) is 13.2 Å². The summed E-state index contributed by atoms with van der Waals surface area (Å²) in [6, 6.07) is -0.551. The zero-order chi connectivity index (χ0) is 49.3. The first-order valence-corrected chi connectivity index (χ1v) is 30.6. The zero-order valence-electron chi connectivity index (χ0n) is 45.9. The van der Waals surface area contributed by atoms with E-state index in [1.165, 1.54) is 244 Å². The first-order chi connectivity index (χ1) is 33.5. The van der Waals surface area contributed by atoms with Crippen LogP contribution >= 0.6 is 0 Å². The van der Waals surface area contributed by atoms with Crippen molar-refractivity contribution in [2.45, 2.75) is 347 Å². The van der Waals surface area contributed by atoms with Crippen molar-refractivity contribution >= 4 is 11.9 Å². The van der Waals surface area contributed by atoms with E-state index in [4.69, 9.17) is 4.74 Å². The second-order valence-electron chi connectivity index (χ2n) is 21.0. The van der Waals surface area contributed by atoms with Gasteiger partial charge in [-0.05, 0) is 77.0 Å². The van der Waals surface area contributed by atoms with E-state index in [-0.39, 0.29) is 18.5 Å². The Kier molecular flexibility index (Phi) is 56.5. The van der Waals surface area contributed by atoms with Gasteiger partial charge in [-0.2, -0.15) is 0 Å². The molecule has 0 heterocycles. The van der Waals surface area contributed by atoms with Crippen LogP contribution in [0.2, 0.25) is 0 Å². The second-order valence-corrected chi connectivity index (χ2v) is 21.0. The fourth-order valence-corrected chi connectivity index (χ4v) is 9.51. The van der Waals surface area contributed by atoms with E-state index < -0.39 is 12.1 Å². The molecule has 6 nitrogen and oxygen atoms in total. The Balaban J connectivity index is 3.46. The van der Waals surface area contributed by atoms with E-state index in [9.17, 15) is 19.8 Å². The lowest BCUT2D eigenvalue weighted by Crippen LogP contribution is -2.45. The maximum absolute atomic E-state index is 12.5. The summed E-state index contributed by atoms with van der Waals surface area (Å²) in [6.45, 7) is 4.93. The smallest absolute Gasteiger partial charge is 0.305 e. The molecule has 0 aliphatic rings. The molecule has 0 rings (SSSR count). The number of esters is 1. The Morgan fingerprint density at radius 2 is 0.691 bits per heavy atom. The number of allylic oxidation sites excluding steroid dienone is 4. The van der Waals surface area contributed by atoms with Gasteiger partial charge in [0.05, 0.1) is 25.4 Å². The lowest BCUT2D eigenvalue weighted by Gasteiger charge is -2.22. The third-order valence-corrected chi connectivity index (χ3v) is 14.2. The van der Waals surface area contributed by atoms with E-state index in [1.807, 2.05) is 0 Å². The number of carbonyl (C=O) groups excluding carboxylic acids is 2. The highest BCUT2D eigenvalue weighted by molar-refractivity contribution is 5.76. The molecule has 6 heteroatoms. The van der Waals surface area contributed by atoms with Gasteiger partial charge in [0.1, 0.15) is 0 Å². The maximum Gasteiger partial charge on any atom is 0.305 e. The fourth-order valence-electron chi connectivity index (χ4n) is 9.51. The largest absolute Gasteiger partial charge is 0.466 e. The van der Waals surface area contributed by atoms with Crippen LogP contribution in [-0.2, 0) is 14.3 Å². The molecular weight excluding hydrogens is 839 g/mol. The number of aliphatic hydroxyl groups is 2. The van der Waals surface area contributed by atoms with Crippen LogP contribution in [0.4, 0.5) is 0 Å². The summed E-state index contributed by atoms with van der Waals surface area (Å²) in [5.41, 5.74) is 0. The number of carbonyl (C=O) groups is 2. The lowest BCUT2D eigenvalue weighted by atomic mass is 10.0. The molecule has 0 fully saturated rings. The second kappa shape index (κ2) is 57.9. The Morgan fingerprint density at radius 3 is 1.06 bits per heavy atom. The molecule has 0 aromatic heterocycles. The third-order valence-electron chi connectivity index (χ3n) is 14.2. The van der Waals surface area contributed by atoms with Crippen molar-refractivity contribution in [3.05, 3.63) is 24.3 Å². The number of hydrogen-bond acceptors (Lipinski definition) is 5. The van der Waals surface area contributed by atoms with Gasteiger partial charge in [0.25, 0.3) is 0 Å². The predicted octanol–water partition coefficient (Wildman–Crippen LogP) is 19.0. The van der Waals surface area contributed by atoms with Crippen LogP contribution in [0.3, 0.4) is 0 Å². The van der Waals surface area contributed by atoms with Crippen molar-refractivity contribution in [1.82, 2.24) is 5.32 Å². The first kappa shape index (κ1) is 66.3. The molecule has 68 heavy (non-hydrogen) atoms. The van der Waals surface area contributed by atoms with E-state index in [0.29, 0.717) is 25.9 Å². The molecule has 402 valence electrons. The molecule has 0 aliphatic carbocycles. The number of hydrogen-bond donors (Lipinski definition) is 3. The van der Waals surface area contributed by atoms with Crippen LogP contribution < -0.4 is 5.32 Å². The molecule has 1 amide bonds. The molecule has 0 saturated heterocycles. The highest BCUT2D eigenvalue weighted by Crippen LogP contribution is 2.17. The first-order valence-electron chi connectivity index (χ1n) is 30.6. The van der Waals surface area contributed by atoms with Crippen LogP contribution in [0.5, 0.6) is 0 Å². The van der Waals surface area contributed by atoms with Crippen molar-refractivity contribution in [3.8, 4) is 0 Å². The van der Waals surface area contributed by atoms with Gasteiger partial charge in [-0.25, -0.2) is 0 Å². The van der Waals surface area contributed by atoms with Gasteiger partial charge < -0.3 is 20.3 Å². The Labute approximate surface area is 424 Å². The number of unbranched alkanes of at least 4 members (excludes halogenated alkanes) is 42. The van der Waals surface area contributed by atoms with Crippen LogP contribution in [0.15, 0.2) is 24.3 Å². The number of amides is 1. The van der Waals surface area contributed by atoms with Crippen molar-refractivity contribution < 1.29 is 24.5 Å². The Morgan fingerprint density at radius 1 is 0.397 bits per heavy atom. The van der Waals surface area contributed by atoms with Gasteiger partial charge in [-0.3, -0.25) is 9.59 Å². The summed E-state index contributed by atoms with van der Waals surface area (Å²) >= 11 is 0. The molecule has 0 aromatic rings. The number of nitrogens with one attached hydrogen (secondary N) is 1. The van der Waals surface area contributed by atoms with Crippen molar-refractivity contribution in [2.24, 2.45) is 0 Å². The van der Waals surface area contributed by atoms with Crippen LogP contribution in [0, 0.1) is 0 Å². The molecule has 2 unspecified atom stereocenters. The molecule has 0 aromatic carbocycles. The minimum atomic E-state index is -0.673. The van der Waals surface area contributed by atoms with Gasteiger partial charge in [0, 0.05) is 12.8 Å². The predicted molar refractivity (Wildman–Crippen MR) is 296 cm³/mol. The van der Waals surface area contributed by atoms with Crippen molar-refractivity contribution in [1.29, 1.82) is 0 Å². The Hall–Kier alpha value is -1.66. The van der Waals surface area contributed by atoms with Gasteiger partial charge >= 0.3 is 5.97 Å². The fraction of sp³-hybridized carbons (Fsp3) is 0.903. The third kappa shape index (κ3) is 53.7. The maximum atomic E-state index is 12.5. The molecule has 0 radical (unpaired) electrons. The summed E-state index contributed by atoms with van der Waals surface area (Å²) in [4.78, 5) is 24.5. The van der Waals surface area contributed by atoms with E-state index >= 15 is 0 Å². The van der Waals surface area contributed by atoms with Crippen LogP contribution in [0.1, 0.15) is 335 Å². The minimum Gasteiger partial charge on any atom is -0.466 e. The number of aliphatic hydroxyl groups excluding tert-OH is 2. The number of ether oxygens (including phenoxy) is 1. The van der Waals surface area contributed by atoms with E-state index in [1.54, 1.807) is 0 Å². The summed E-state index contributed by atoms with van der Waals surface area (Å²) < 4.78 is 5.46. The van der Waals surface area contributed by atoms with E-state index in [0.717, 1.165) is 57.8 Å². The number of rotatable bonds is 57. The molecular formula is C62H119NO5. The molecule has 0 aliphatic heterocycles. The highest BCUT2D eigenvalue weighted by Gasteiger charge is 2.20.